The summed E-state index contributed by atoms with van der Waals surface area (Å²) in [5.41, 5.74) is 0.982. The number of hydrogen-bond donors (Lipinski definition) is 2. The van der Waals surface area contributed by atoms with Gasteiger partial charge in [-0.3, -0.25) is 4.90 Å². The molecule has 0 radical (unpaired) electrons. The van der Waals surface area contributed by atoms with Crippen LogP contribution in [0.15, 0.2) is 12.1 Å². The number of likely N-dealkylation sites (tertiary alicyclic amines) is 1. The van der Waals surface area contributed by atoms with Crippen LogP contribution in [-0.4, -0.2) is 53.6 Å². The summed E-state index contributed by atoms with van der Waals surface area (Å²) in [6.45, 7) is 2.58. The molecule has 0 bridgehead atoms. The van der Waals surface area contributed by atoms with Crippen molar-refractivity contribution in [2.75, 3.05) is 26.3 Å². The first-order valence-electron chi connectivity index (χ1n) is 6.30. The van der Waals surface area contributed by atoms with Crippen molar-refractivity contribution in [2.45, 2.75) is 18.8 Å². The van der Waals surface area contributed by atoms with Crippen molar-refractivity contribution in [3.05, 3.63) is 22.7 Å². The Balaban J connectivity index is 1.77. The predicted molar refractivity (Wildman–Crippen MR) is 69.7 cm³/mol. The minimum atomic E-state index is -0.673. The van der Waals surface area contributed by atoms with Gasteiger partial charge in [0.1, 0.15) is 13.2 Å². The molecule has 0 saturated carbocycles. The van der Waals surface area contributed by atoms with Crippen molar-refractivity contribution >= 4 is 11.6 Å². The van der Waals surface area contributed by atoms with Crippen LogP contribution < -0.4 is 9.47 Å². The molecule has 2 aliphatic rings. The predicted octanol–water partition coefficient (Wildman–Crippen LogP) is 0.649. The number of halogens is 1. The van der Waals surface area contributed by atoms with Crippen LogP contribution in [-0.2, 0) is 6.54 Å². The highest BCUT2D eigenvalue weighted by atomic mass is 35.5. The lowest BCUT2D eigenvalue weighted by atomic mass is 10.2. The van der Waals surface area contributed by atoms with Gasteiger partial charge in [0.2, 0.25) is 0 Å². The number of fused-ring (bicyclic) bond motifs is 1. The Bertz CT molecular complexity index is 472. The molecule has 0 spiro atoms. The van der Waals surface area contributed by atoms with Crippen LogP contribution in [0.4, 0.5) is 0 Å². The number of aliphatic hydroxyl groups is 2. The minimum Gasteiger partial charge on any atom is -0.486 e. The molecule has 2 unspecified atom stereocenters. The summed E-state index contributed by atoms with van der Waals surface area (Å²) in [6.07, 6.45) is -1.35. The largest absolute Gasteiger partial charge is 0.486 e. The molecule has 1 saturated heterocycles. The van der Waals surface area contributed by atoms with Crippen LogP contribution in [0.5, 0.6) is 11.5 Å². The van der Waals surface area contributed by atoms with E-state index in [1.165, 1.54) is 0 Å². The fraction of sp³-hybridized carbons (Fsp3) is 0.538. The Labute approximate surface area is 116 Å². The second-order valence-electron chi connectivity index (χ2n) is 4.93. The van der Waals surface area contributed by atoms with E-state index < -0.39 is 12.2 Å². The van der Waals surface area contributed by atoms with Gasteiger partial charge in [-0.05, 0) is 17.7 Å². The molecule has 2 N–H and O–H groups in total. The molecular formula is C13H16ClNO4. The van der Waals surface area contributed by atoms with Crippen LogP contribution in [0.1, 0.15) is 5.56 Å². The number of hydrogen-bond acceptors (Lipinski definition) is 5. The van der Waals surface area contributed by atoms with Crippen LogP contribution >= 0.6 is 11.6 Å². The number of aliphatic hydroxyl groups excluding tert-OH is 2. The van der Waals surface area contributed by atoms with Crippen molar-refractivity contribution in [1.82, 2.24) is 4.90 Å². The van der Waals surface area contributed by atoms with E-state index in [1.54, 1.807) is 0 Å². The Morgan fingerprint density at radius 2 is 1.84 bits per heavy atom. The molecule has 3 rings (SSSR count). The van der Waals surface area contributed by atoms with E-state index in [9.17, 15) is 10.2 Å². The summed E-state index contributed by atoms with van der Waals surface area (Å²) in [7, 11) is 0. The van der Waals surface area contributed by atoms with Gasteiger partial charge < -0.3 is 19.7 Å². The molecule has 5 nitrogen and oxygen atoms in total. The summed E-state index contributed by atoms with van der Waals surface area (Å²) < 4.78 is 11.0. The molecule has 1 aromatic rings. The topological polar surface area (TPSA) is 62.2 Å². The lowest BCUT2D eigenvalue weighted by Crippen LogP contribution is -2.22. The first-order valence-corrected chi connectivity index (χ1v) is 6.68. The summed E-state index contributed by atoms with van der Waals surface area (Å²) in [4.78, 5) is 1.98. The molecule has 0 aliphatic carbocycles. The van der Waals surface area contributed by atoms with Gasteiger partial charge in [-0.2, -0.15) is 0 Å². The van der Waals surface area contributed by atoms with Gasteiger partial charge in [0, 0.05) is 19.6 Å². The minimum absolute atomic E-state index is 0.466. The van der Waals surface area contributed by atoms with Crippen LogP contribution in [0.3, 0.4) is 0 Å². The van der Waals surface area contributed by atoms with Crippen molar-refractivity contribution in [2.24, 2.45) is 0 Å². The van der Waals surface area contributed by atoms with E-state index in [4.69, 9.17) is 21.1 Å². The van der Waals surface area contributed by atoms with Gasteiger partial charge in [0.05, 0.1) is 17.2 Å². The van der Waals surface area contributed by atoms with Crippen LogP contribution in [0.25, 0.3) is 0 Å². The monoisotopic (exact) mass is 285 g/mol. The number of β-amino-alcohol motifs (C(OH)–C–C–N with tert-alkyl or cyclic N) is 2. The number of benzene rings is 1. The summed E-state index contributed by atoms with van der Waals surface area (Å²) in [6, 6.07) is 3.74. The zero-order chi connectivity index (χ0) is 13.4. The van der Waals surface area contributed by atoms with E-state index in [0.29, 0.717) is 49.4 Å². The van der Waals surface area contributed by atoms with Crippen molar-refractivity contribution in [1.29, 1.82) is 0 Å². The van der Waals surface area contributed by atoms with Gasteiger partial charge >= 0.3 is 0 Å². The molecule has 2 aliphatic heterocycles. The molecule has 2 atom stereocenters. The van der Waals surface area contributed by atoms with E-state index >= 15 is 0 Å². The quantitative estimate of drug-likeness (QED) is 0.835. The lowest BCUT2D eigenvalue weighted by molar-refractivity contribution is 0.0572. The standard InChI is InChI=1S/C13H16ClNO4/c14-9-3-8(4-12-13(9)19-2-1-18-12)5-15-6-10(16)11(17)7-15/h3-4,10-11,16-17H,1-2,5-7H2. The first kappa shape index (κ1) is 13.0. The van der Waals surface area contributed by atoms with Gasteiger partial charge in [-0.25, -0.2) is 0 Å². The third-order valence-corrected chi connectivity index (χ3v) is 3.68. The maximum absolute atomic E-state index is 9.53. The molecule has 19 heavy (non-hydrogen) atoms. The second kappa shape index (κ2) is 5.17. The molecule has 1 aromatic carbocycles. The SMILES string of the molecule is OC1CN(Cc2cc(Cl)c3c(c2)OCCO3)CC1O. The Morgan fingerprint density at radius 1 is 1.16 bits per heavy atom. The maximum Gasteiger partial charge on any atom is 0.179 e. The smallest absolute Gasteiger partial charge is 0.179 e. The Hall–Kier alpha value is -1.01. The molecular weight excluding hydrogens is 270 g/mol. The van der Waals surface area contributed by atoms with Gasteiger partial charge in [0.25, 0.3) is 0 Å². The van der Waals surface area contributed by atoms with E-state index in [2.05, 4.69) is 0 Å². The maximum atomic E-state index is 9.53. The fourth-order valence-corrected chi connectivity index (χ4v) is 2.78. The van der Waals surface area contributed by atoms with Crippen molar-refractivity contribution < 1.29 is 19.7 Å². The molecule has 6 heteroatoms. The summed E-state index contributed by atoms with van der Waals surface area (Å²) in [5, 5.41) is 19.6. The van der Waals surface area contributed by atoms with Crippen molar-refractivity contribution in [3.63, 3.8) is 0 Å². The Morgan fingerprint density at radius 3 is 2.58 bits per heavy atom. The number of ether oxygens (including phenoxy) is 2. The third-order valence-electron chi connectivity index (χ3n) is 3.40. The van der Waals surface area contributed by atoms with Crippen LogP contribution in [0, 0.1) is 0 Å². The molecule has 0 amide bonds. The molecule has 104 valence electrons. The highest BCUT2D eigenvalue weighted by molar-refractivity contribution is 6.32. The van der Waals surface area contributed by atoms with Gasteiger partial charge in [-0.15, -0.1) is 0 Å². The summed E-state index contributed by atoms with van der Waals surface area (Å²) >= 11 is 6.17. The number of nitrogens with zero attached hydrogens (tertiary/aromatic N) is 1. The van der Waals surface area contributed by atoms with E-state index in [0.717, 1.165) is 5.56 Å². The van der Waals surface area contributed by atoms with Crippen molar-refractivity contribution in [3.8, 4) is 11.5 Å². The van der Waals surface area contributed by atoms with E-state index in [-0.39, 0.29) is 0 Å². The zero-order valence-corrected chi connectivity index (χ0v) is 11.1. The molecule has 2 heterocycles. The normalized spacial score (nSPS) is 26.7. The van der Waals surface area contributed by atoms with Gasteiger partial charge in [-0.1, -0.05) is 11.6 Å². The van der Waals surface area contributed by atoms with Gasteiger partial charge in [0.15, 0.2) is 11.5 Å². The third kappa shape index (κ3) is 2.65. The summed E-state index contributed by atoms with van der Waals surface area (Å²) in [5.74, 6) is 1.26. The average Bonchev–Trinajstić information content (AvgIpc) is 2.68. The lowest BCUT2D eigenvalue weighted by Gasteiger charge is -2.21. The number of rotatable bonds is 2. The highest BCUT2D eigenvalue weighted by Gasteiger charge is 2.29. The fourth-order valence-electron chi connectivity index (χ4n) is 2.49. The average molecular weight is 286 g/mol. The zero-order valence-electron chi connectivity index (χ0n) is 10.4. The highest BCUT2D eigenvalue weighted by Crippen LogP contribution is 2.38. The Kier molecular flexibility index (Phi) is 3.54. The molecule has 0 aromatic heterocycles. The van der Waals surface area contributed by atoms with E-state index in [1.807, 2.05) is 17.0 Å². The molecule has 1 fully saturated rings. The first-order chi connectivity index (χ1) is 9.13. The van der Waals surface area contributed by atoms with Crippen LogP contribution in [0.2, 0.25) is 5.02 Å². The second-order valence-corrected chi connectivity index (χ2v) is 5.34.